The van der Waals surface area contributed by atoms with Crippen molar-refractivity contribution in [1.82, 2.24) is 19.7 Å². The number of rotatable bonds is 4. The van der Waals surface area contributed by atoms with Gasteiger partial charge < -0.3 is 9.32 Å². The van der Waals surface area contributed by atoms with E-state index in [0.29, 0.717) is 22.9 Å². The van der Waals surface area contributed by atoms with E-state index in [2.05, 4.69) is 37.7 Å². The Morgan fingerprint density at radius 2 is 2.07 bits per heavy atom. The van der Waals surface area contributed by atoms with Crippen molar-refractivity contribution in [3.05, 3.63) is 36.2 Å². The fourth-order valence-corrected chi connectivity index (χ4v) is 4.18. The van der Waals surface area contributed by atoms with E-state index in [1.54, 1.807) is 12.5 Å². The Morgan fingerprint density at radius 3 is 2.75 bits per heavy atom. The van der Waals surface area contributed by atoms with E-state index in [-0.39, 0.29) is 18.0 Å². The van der Waals surface area contributed by atoms with Crippen molar-refractivity contribution >= 4 is 16.9 Å². The standard InChI is InChI=1S/C22H28N4O2/c1-14(2)19-8-5-6-10-25(19)22(27)16-12-18(20-9-7-11-28-20)24-21-17(16)13-23-26(21)15(3)4/h7,9,11-15,19H,5-6,8,10H2,1-4H3. The maximum Gasteiger partial charge on any atom is 0.255 e. The van der Waals surface area contributed by atoms with Gasteiger partial charge in [0.15, 0.2) is 11.4 Å². The van der Waals surface area contributed by atoms with Crippen LogP contribution >= 0.6 is 0 Å². The Bertz CT molecular complexity index is 972. The first-order chi connectivity index (χ1) is 13.5. The van der Waals surface area contributed by atoms with Crippen molar-refractivity contribution in [3.8, 4) is 11.5 Å². The van der Waals surface area contributed by atoms with Gasteiger partial charge in [-0.3, -0.25) is 4.79 Å². The monoisotopic (exact) mass is 380 g/mol. The molecule has 0 spiro atoms. The first kappa shape index (κ1) is 18.7. The minimum Gasteiger partial charge on any atom is -0.463 e. The van der Waals surface area contributed by atoms with Crippen LogP contribution in [0.5, 0.6) is 0 Å². The fourth-order valence-electron chi connectivity index (χ4n) is 4.18. The summed E-state index contributed by atoms with van der Waals surface area (Å²) < 4.78 is 7.44. The lowest BCUT2D eigenvalue weighted by Crippen LogP contribution is -2.46. The Morgan fingerprint density at radius 1 is 1.25 bits per heavy atom. The third-order valence-corrected chi connectivity index (χ3v) is 5.64. The van der Waals surface area contributed by atoms with Gasteiger partial charge in [0.05, 0.1) is 23.4 Å². The van der Waals surface area contributed by atoms with Crippen molar-refractivity contribution in [1.29, 1.82) is 0 Å². The van der Waals surface area contributed by atoms with Crippen LogP contribution in [0.25, 0.3) is 22.5 Å². The van der Waals surface area contributed by atoms with Crippen LogP contribution in [0.2, 0.25) is 0 Å². The number of piperidine rings is 1. The third-order valence-electron chi connectivity index (χ3n) is 5.64. The van der Waals surface area contributed by atoms with Crippen LogP contribution in [-0.4, -0.2) is 38.2 Å². The highest BCUT2D eigenvalue weighted by Gasteiger charge is 2.31. The first-order valence-electron chi connectivity index (χ1n) is 10.2. The zero-order valence-electron chi connectivity index (χ0n) is 17.1. The molecular weight excluding hydrogens is 352 g/mol. The number of carbonyl (C=O) groups is 1. The van der Waals surface area contributed by atoms with E-state index in [9.17, 15) is 4.79 Å². The van der Waals surface area contributed by atoms with Gasteiger partial charge in [0.2, 0.25) is 0 Å². The number of pyridine rings is 1. The van der Waals surface area contributed by atoms with Gasteiger partial charge in [-0.25, -0.2) is 9.67 Å². The largest absolute Gasteiger partial charge is 0.463 e. The van der Waals surface area contributed by atoms with Crippen molar-refractivity contribution in [3.63, 3.8) is 0 Å². The minimum absolute atomic E-state index is 0.0712. The van der Waals surface area contributed by atoms with Crippen LogP contribution in [0.1, 0.15) is 63.4 Å². The number of carbonyl (C=O) groups excluding carboxylic acids is 1. The molecule has 1 aliphatic rings. The number of hydrogen-bond acceptors (Lipinski definition) is 4. The maximum absolute atomic E-state index is 13.7. The third kappa shape index (κ3) is 3.21. The number of likely N-dealkylation sites (tertiary alicyclic amines) is 1. The van der Waals surface area contributed by atoms with E-state index in [1.807, 2.05) is 22.9 Å². The molecule has 3 aromatic heterocycles. The molecule has 28 heavy (non-hydrogen) atoms. The molecule has 0 aliphatic carbocycles. The van der Waals surface area contributed by atoms with Gasteiger partial charge >= 0.3 is 0 Å². The number of fused-ring (bicyclic) bond motifs is 1. The topological polar surface area (TPSA) is 64.2 Å². The molecular formula is C22H28N4O2. The quantitative estimate of drug-likeness (QED) is 0.644. The first-order valence-corrected chi connectivity index (χ1v) is 10.2. The summed E-state index contributed by atoms with van der Waals surface area (Å²) in [4.78, 5) is 20.5. The molecule has 1 fully saturated rings. The van der Waals surface area contributed by atoms with Crippen LogP contribution in [0.4, 0.5) is 0 Å². The molecule has 4 rings (SSSR count). The van der Waals surface area contributed by atoms with Crippen LogP contribution < -0.4 is 0 Å². The molecule has 1 saturated heterocycles. The number of furan rings is 1. The number of amides is 1. The fraction of sp³-hybridized carbons (Fsp3) is 0.500. The SMILES string of the molecule is CC(C)C1CCCCN1C(=O)c1cc(-c2ccco2)nc2c1cnn2C(C)C. The van der Waals surface area contributed by atoms with Gasteiger partial charge in [-0.2, -0.15) is 5.10 Å². The highest BCUT2D eigenvalue weighted by atomic mass is 16.3. The molecule has 6 heteroatoms. The molecule has 0 radical (unpaired) electrons. The Balaban J connectivity index is 1.86. The van der Waals surface area contributed by atoms with Gasteiger partial charge in [0, 0.05) is 18.6 Å². The maximum atomic E-state index is 13.7. The Labute approximate surface area is 165 Å². The predicted molar refractivity (Wildman–Crippen MR) is 109 cm³/mol. The summed E-state index contributed by atoms with van der Waals surface area (Å²) in [7, 11) is 0. The highest BCUT2D eigenvalue weighted by molar-refractivity contribution is 6.06. The molecule has 1 aliphatic heterocycles. The Kier molecular flexibility index (Phi) is 4.96. The van der Waals surface area contributed by atoms with Crippen LogP contribution in [-0.2, 0) is 0 Å². The van der Waals surface area contributed by atoms with Crippen molar-refractivity contribution in [2.75, 3.05) is 6.54 Å². The van der Waals surface area contributed by atoms with Crippen LogP contribution in [0.3, 0.4) is 0 Å². The van der Waals surface area contributed by atoms with Gasteiger partial charge in [0.1, 0.15) is 5.69 Å². The van der Waals surface area contributed by atoms with Crippen molar-refractivity contribution in [2.45, 2.75) is 59.0 Å². The van der Waals surface area contributed by atoms with E-state index in [4.69, 9.17) is 9.40 Å². The summed E-state index contributed by atoms with van der Waals surface area (Å²) in [5.41, 5.74) is 2.06. The number of hydrogen-bond donors (Lipinski definition) is 0. The Hall–Kier alpha value is -2.63. The van der Waals surface area contributed by atoms with Gasteiger partial charge in [0.25, 0.3) is 5.91 Å². The zero-order valence-corrected chi connectivity index (χ0v) is 17.1. The summed E-state index contributed by atoms with van der Waals surface area (Å²) >= 11 is 0. The molecule has 148 valence electrons. The lowest BCUT2D eigenvalue weighted by atomic mass is 9.92. The molecule has 1 amide bonds. The van der Waals surface area contributed by atoms with E-state index in [1.165, 1.54) is 6.42 Å². The second kappa shape index (κ2) is 7.41. The van der Waals surface area contributed by atoms with Crippen LogP contribution in [0.15, 0.2) is 35.1 Å². The summed E-state index contributed by atoms with van der Waals surface area (Å²) in [6, 6.07) is 6.00. The average molecular weight is 380 g/mol. The van der Waals surface area contributed by atoms with E-state index < -0.39 is 0 Å². The van der Waals surface area contributed by atoms with Gasteiger partial charge in [-0.1, -0.05) is 13.8 Å². The van der Waals surface area contributed by atoms with Crippen molar-refractivity contribution in [2.24, 2.45) is 5.92 Å². The normalized spacial score (nSPS) is 17.8. The molecule has 6 nitrogen and oxygen atoms in total. The van der Waals surface area contributed by atoms with Crippen molar-refractivity contribution < 1.29 is 9.21 Å². The summed E-state index contributed by atoms with van der Waals surface area (Å²) in [6.07, 6.45) is 6.70. The van der Waals surface area contributed by atoms with Crippen LogP contribution in [0, 0.1) is 5.92 Å². The average Bonchev–Trinajstić information content (AvgIpc) is 3.36. The van der Waals surface area contributed by atoms with Gasteiger partial charge in [-0.05, 0) is 57.2 Å². The lowest BCUT2D eigenvalue weighted by molar-refractivity contribution is 0.0545. The molecule has 3 aromatic rings. The van der Waals surface area contributed by atoms with Gasteiger partial charge in [-0.15, -0.1) is 0 Å². The second-order valence-corrected chi connectivity index (χ2v) is 8.26. The molecule has 0 bridgehead atoms. The summed E-state index contributed by atoms with van der Waals surface area (Å²) in [6.45, 7) is 9.33. The number of nitrogens with zero attached hydrogens (tertiary/aromatic N) is 4. The summed E-state index contributed by atoms with van der Waals surface area (Å²) in [5, 5.41) is 5.32. The number of aromatic nitrogens is 3. The molecule has 4 heterocycles. The lowest BCUT2D eigenvalue weighted by Gasteiger charge is -2.38. The molecule has 0 N–H and O–H groups in total. The van der Waals surface area contributed by atoms with E-state index in [0.717, 1.165) is 30.4 Å². The summed E-state index contributed by atoms with van der Waals surface area (Å²) in [5.74, 6) is 1.16. The highest BCUT2D eigenvalue weighted by Crippen LogP contribution is 2.30. The molecule has 0 saturated carbocycles. The second-order valence-electron chi connectivity index (χ2n) is 8.26. The molecule has 1 unspecified atom stereocenters. The minimum atomic E-state index is 0.0712. The molecule has 1 atom stereocenters. The molecule has 0 aromatic carbocycles. The smallest absolute Gasteiger partial charge is 0.255 e. The zero-order chi connectivity index (χ0) is 19.8. The van der Waals surface area contributed by atoms with E-state index >= 15 is 0 Å². The predicted octanol–water partition coefficient (Wildman–Crippen LogP) is 4.92.